The molecule has 0 spiro atoms. The fourth-order valence-corrected chi connectivity index (χ4v) is 9.03. The first-order valence-corrected chi connectivity index (χ1v) is 19.8. The summed E-state index contributed by atoms with van der Waals surface area (Å²) in [6, 6.07) is -0.770. The Morgan fingerprint density at radius 1 is 0.943 bits per heavy atom. The van der Waals surface area contributed by atoms with E-state index in [0.29, 0.717) is 19.4 Å². The van der Waals surface area contributed by atoms with Crippen LogP contribution in [0.2, 0.25) is 0 Å². The van der Waals surface area contributed by atoms with Gasteiger partial charge < -0.3 is 58.6 Å². The highest BCUT2D eigenvalue weighted by Gasteiger charge is 2.55. The number of ether oxygens (including phenoxy) is 6. The number of nitrogens with zero attached hydrogens (tertiary/aromatic N) is 2. The van der Waals surface area contributed by atoms with Crippen LogP contribution in [0.3, 0.4) is 0 Å². The van der Waals surface area contributed by atoms with Crippen molar-refractivity contribution in [3.05, 3.63) is 0 Å². The van der Waals surface area contributed by atoms with Gasteiger partial charge in [-0.2, -0.15) is 0 Å². The molecule has 0 aromatic heterocycles. The minimum atomic E-state index is -1.78. The number of hydrogen-bond acceptors (Lipinski definition) is 13. The molecule has 4 N–H and O–H groups in total. The van der Waals surface area contributed by atoms with Gasteiger partial charge in [0.05, 0.1) is 41.5 Å². The average molecular weight is 761 g/mol. The van der Waals surface area contributed by atoms with E-state index in [2.05, 4.69) is 13.8 Å². The van der Waals surface area contributed by atoms with Gasteiger partial charge in [-0.25, -0.2) is 0 Å². The number of hydrogen-bond donors (Lipinski definition) is 4. The first-order chi connectivity index (χ1) is 24.2. The fraction of sp³-hybridized carbons (Fsp3) is 0.975. The zero-order chi connectivity index (χ0) is 40.6. The summed E-state index contributed by atoms with van der Waals surface area (Å²) in [6.45, 7) is 23.0. The number of cyclic esters (lactones) is 1. The van der Waals surface area contributed by atoms with Crippen LogP contribution in [-0.4, -0.2) is 155 Å². The van der Waals surface area contributed by atoms with Crippen molar-refractivity contribution in [3.8, 4) is 0 Å². The normalized spacial score (nSPS) is 48.5. The number of methoxy groups -OCH3 is 1. The zero-order valence-corrected chi connectivity index (χ0v) is 35.7. The van der Waals surface area contributed by atoms with Crippen molar-refractivity contribution in [1.29, 1.82) is 0 Å². The molecule has 13 heteroatoms. The maximum absolute atomic E-state index is 14.3. The van der Waals surface area contributed by atoms with E-state index in [1.807, 2.05) is 72.5 Å². The van der Waals surface area contributed by atoms with Crippen LogP contribution in [0, 0.1) is 23.2 Å². The van der Waals surface area contributed by atoms with Gasteiger partial charge in [0.2, 0.25) is 0 Å². The number of esters is 1. The highest BCUT2D eigenvalue weighted by atomic mass is 16.7. The number of aliphatic hydroxyl groups excluding tert-OH is 2. The summed E-state index contributed by atoms with van der Waals surface area (Å²) in [5, 5.41) is 47.4. The SMILES string of the molecule is CC[C@H]1OC(=O)[C@H](C)[C@@H](O[C@H]2C[C@@](C)(OC)C(C)(C)[C@H](C)O2)[C@H](C)[C@@H](O[C@@H]2O[C@H](C)C[C@H](N(C)C)[C@H]2O)[C@](C)(O)C[C@@H](C)CN(C)[C@H](C)[C@@H](O)[C@]1(C)O. The van der Waals surface area contributed by atoms with Crippen LogP contribution in [-0.2, 0) is 33.2 Å². The summed E-state index contributed by atoms with van der Waals surface area (Å²) >= 11 is 0. The molecule has 53 heavy (non-hydrogen) atoms. The van der Waals surface area contributed by atoms with E-state index in [4.69, 9.17) is 28.4 Å². The average Bonchev–Trinajstić information content (AvgIpc) is 3.06. The van der Waals surface area contributed by atoms with Crippen molar-refractivity contribution < 1.29 is 53.6 Å². The van der Waals surface area contributed by atoms with Crippen LogP contribution in [0.1, 0.15) is 109 Å². The molecule has 0 unspecified atom stereocenters. The molecule has 3 aliphatic rings. The smallest absolute Gasteiger partial charge is 0.311 e. The predicted octanol–water partition coefficient (Wildman–Crippen LogP) is 3.57. The number of aliphatic hydroxyl groups is 4. The van der Waals surface area contributed by atoms with E-state index >= 15 is 0 Å². The molecule has 3 rings (SSSR count). The zero-order valence-electron chi connectivity index (χ0n) is 35.7. The van der Waals surface area contributed by atoms with E-state index in [-0.39, 0.29) is 42.4 Å². The minimum absolute atomic E-state index is 0.118. The molecule has 0 saturated carbocycles. The third-order valence-electron chi connectivity index (χ3n) is 13.5. The summed E-state index contributed by atoms with van der Waals surface area (Å²) in [5.41, 5.74) is -4.31. The topological polar surface area (TPSA) is 160 Å². The molecule has 0 bridgehead atoms. The molecule has 3 fully saturated rings. The second-order valence-corrected chi connectivity index (χ2v) is 18.3. The van der Waals surface area contributed by atoms with Crippen LogP contribution in [0.15, 0.2) is 0 Å². The third-order valence-corrected chi connectivity index (χ3v) is 13.5. The van der Waals surface area contributed by atoms with Crippen LogP contribution in [0.5, 0.6) is 0 Å². The lowest BCUT2D eigenvalue weighted by molar-refractivity contribution is -0.322. The maximum atomic E-state index is 14.3. The molecule has 0 aliphatic carbocycles. The highest BCUT2D eigenvalue weighted by Crippen LogP contribution is 2.47. The van der Waals surface area contributed by atoms with Gasteiger partial charge in [-0.3, -0.25) is 4.79 Å². The summed E-state index contributed by atoms with van der Waals surface area (Å²) in [7, 11) is 7.34. The Bertz CT molecular complexity index is 1190. The van der Waals surface area contributed by atoms with E-state index in [1.165, 1.54) is 6.92 Å². The molecular weight excluding hydrogens is 684 g/mol. The van der Waals surface area contributed by atoms with Gasteiger partial charge in [-0.1, -0.05) is 34.6 Å². The molecule has 3 aliphatic heterocycles. The molecule has 17 atom stereocenters. The lowest BCUT2D eigenvalue weighted by atomic mass is 9.68. The summed E-state index contributed by atoms with van der Waals surface area (Å²) < 4.78 is 38.5. The van der Waals surface area contributed by atoms with Crippen LogP contribution < -0.4 is 0 Å². The van der Waals surface area contributed by atoms with Gasteiger partial charge in [0.25, 0.3) is 0 Å². The number of carbonyl (C=O) groups is 1. The van der Waals surface area contributed by atoms with Crippen molar-refractivity contribution in [2.24, 2.45) is 23.2 Å². The molecule has 0 amide bonds. The first kappa shape index (κ1) is 46.4. The Morgan fingerprint density at radius 2 is 1.55 bits per heavy atom. The van der Waals surface area contributed by atoms with Gasteiger partial charge >= 0.3 is 5.97 Å². The van der Waals surface area contributed by atoms with Gasteiger partial charge in [0.15, 0.2) is 12.6 Å². The lowest BCUT2D eigenvalue weighted by Crippen LogP contribution is -2.61. The second-order valence-electron chi connectivity index (χ2n) is 18.3. The van der Waals surface area contributed by atoms with Gasteiger partial charge in [0, 0.05) is 43.5 Å². The molecule has 3 saturated heterocycles. The second kappa shape index (κ2) is 17.7. The molecule has 0 radical (unpaired) electrons. The van der Waals surface area contributed by atoms with Gasteiger partial charge in [0.1, 0.15) is 23.9 Å². The largest absolute Gasteiger partial charge is 0.459 e. The van der Waals surface area contributed by atoms with Crippen LogP contribution >= 0.6 is 0 Å². The minimum Gasteiger partial charge on any atom is -0.459 e. The van der Waals surface area contributed by atoms with Crippen molar-refractivity contribution in [2.45, 2.75) is 193 Å². The fourth-order valence-electron chi connectivity index (χ4n) is 9.03. The predicted molar refractivity (Wildman–Crippen MR) is 202 cm³/mol. The standard InChI is InChI=1S/C40H76N2O11/c1-17-29-40(12,47)33(44)26(6)42(15)21-22(2)19-38(10,46)34(53-36-31(43)28(41(13)14)18-23(3)49-36)24(4)32(25(5)35(45)51-29)52-30-20-39(11,48-16)37(8,9)27(7)50-30/h22-34,36,43-44,46-47H,17-21H2,1-16H3/t22-,23-,24+,25-,26-,27+,28+,29-,30+,31-,32+,33-,34-,36+,38-,39-,40-/m1/s1. The number of rotatable bonds is 7. The van der Waals surface area contributed by atoms with E-state index in [0.717, 1.165) is 0 Å². The molecule has 0 aromatic rings. The molecular formula is C40H76N2O11. The molecule has 312 valence electrons. The highest BCUT2D eigenvalue weighted by molar-refractivity contribution is 5.73. The molecule has 13 nitrogen and oxygen atoms in total. The Labute approximate surface area is 319 Å². The number of likely N-dealkylation sites (N-methyl/N-ethyl adjacent to an activating group) is 2. The van der Waals surface area contributed by atoms with Crippen molar-refractivity contribution in [3.63, 3.8) is 0 Å². The maximum Gasteiger partial charge on any atom is 0.311 e. The Hall–Kier alpha value is -0.970. The quantitative estimate of drug-likeness (QED) is 0.280. The Balaban J connectivity index is 2.19. The Morgan fingerprint density at radius 3 is 2.09 bits per heavy atom. The van der Waals surface area contributed by atoms with Gasteiger partial charge in [-0.15, -0.1) is 0 Å². The molecule has 3 heterocycles. The third kappa shape index (κ3) is 9.95. The summed E-state index contributed by atoms with van der Waals surface area (Å²) in [4.78, 5) is 18.2. The van der Waals surface area contributed by atoms with E-state index < -0.39 is 83.7 Å². The van der Waals surface area contributed by atoms with Gasteiger partial charge in [-0.05, 0) is 94.8 Å². The van der Waals surface area contributed by atoms with Crippen molar-refractivity contribution in [2.75, 3.05) is 34.8 Å². The monoisotopic (exact) mass is 761 g/mol. The lowest BCUT2D eigenvalue weighted by Gasteiger charge is -2.53. The summed E-state index contributed by atoms with van der Waals surface area (Å²) in [5.74, 6) is -2.41. The van der Waals surface area contributed by atoms with E-state index in [9.17, 15) is 25.2 Å². The van der Waals surface area contributed by atoms with Crippen molar-refractivity contribution >= 4 is 5.97 Å². The summed E-state index contributed by atoms with van der Waals surface area (Å²) in [6.07, 6.45) is -6.18. The van der Waals surface area contributed by atoms with Crippen LogP contribution in [0.4, 0.5) is 0 Å². The van der Waals surface area contributed by atoms with E-state index in [1.54, 1.807) is 27.9 Å². The Kier molecular flexibility index (Phi) is 15.5. The number of carbonyl (C=O) groups excluding carboxylic acids is 1. The molecule has 0 aromatic carbocycles. The first-order valence-electron chi connectivity index (χ1n) is 19.8. The van der Waals surface area contributed by atoms with Crippen molar-refractivity contribution in [1.82, 2.24) is 9.80 Å². The van der Waals surface area contributed by atoms with Crippen LogP contribution in [0.25, 0.3) is 0 Å².